The lowest BCUT2D eigenvalue weighted by Gasteiger charge is -2.44. The van der Waals surface area contributed by atoms with Crippen molar-refractivity contribution in [2.45, 2.75) is 65.6 Å². The first-order chi connectivity index (χ1) is 8.78. The van der Waals surface area contributed by atoms with E-state index in [2.05, 4.69) is 0 Å². The second-order valence-electron chi connectivity index (χ2n) is 6.78. The van der Waals surface area contributed by atoms with E-state index in [1.165, 1.54) is 18.9 Å². The average molecular weight is 281 g/mol. The second kappa shape index (κ2) is 5.78. The van der Waals surface area contributed by atoms with Crippen molar-refractivity contribution in [1.29, 1.82) is 10.5 Å². The van der Waals surface area contributed by atoms with E-state index in [-0.39, 0.29) is 0 Å². The highest BCUT2D eigenvalue weighted by atomic mass is 16.7. The summed E-state index contributed by atoms with van der Waals surface area (Å²) in [5.74, 6) is -1.17. The van der Waals surface area contributed by atoms with Crippen LogP contribution in [0, 0.1) is 28.1 Å². The van der Waals surface area contributed by atoms with Crippen LogP contribution in [-0.4, -0.2) is 33.3 Å². The van der Waals surface area contributed by atoms with E-state index in [0.717, 1.165) is 0 Å². The summed E-state index contributed by atoms with van der Waals surface area (Å²) in [6, 6.07) is 2.77. The van der Waals surface area contributed by atoms with Gasteiger partial charge in [0.05, 0.1) is 17.6 Å². The number of carboxylic acid groups (broad SMARTS) is 1. The average Bonchev–Trinajstić information content (AvgIpc) is 2.26. The summed E-state index contributed by atoms with van der Waals surface area (Å²) >= 11 is 0. The van der Waals surface area contributed by atoms with Crippen molar-refractivity contribution in [3.8, 4) is 12.1 Å². The van der Waals surface area contributed by atoms with E-state index in [4.69, 9.17) is 10.1 Å². The van der Waals surface area contributed by atoms with Crippen molar-refractivity contribution in [3.63, 3.8) is 0 Å². The molecular weight excluding hydrogens is 258 g/mol. The summed E-state index contributed by atoms with van der Waals surface area (Å²) < 4.78 is 0. The van der Waals surface area contributed by atoms with Crippen LogP contribution in [0.5, 0.6) is 0 Å². The first kappa shape index (κ1) is 18.4. The predicted octanol–water partition coefficient (Wildman–Crippen LogP) is 2.32. The maximum Gasteiger partial charge on any atom is 0.325 e. The summed E-state index contributed by atoms with van der Waals surface area (Å²) in [5, 5.41) is 29.0. The van der Waals surface area contributed by atoms with Crippen molar-refractivity contribution in [2.75, 3.05) is 0 Å². The molecule has 1 atom stereocenters. The van der Waals surface area contributed by atoms with Gasteiger partial charge in [-0.25, -0.2) is 0 Å². The van der Waals surface area contributed by atoms with Crippen LogP contribution in [0.4, 0.5) is 0 Å². The van der Waals surface area contributed by atoms with E-state index in [0.29, 0.717) is 0 Å². The third-order valence-corrected chi connectivity index (χ3v) is 2.70. The molecule has 0 saturated heterocycles. The maximum absolute atomic E-state index is 11.6. The normalized spacial score (nSPS) is 14.5. The molecule has 6 heteroatoms. The van der Waals surface area contributed by atoms with Crippen LogP contribution >= 0.6 is 0 Å². The summed E-state index contributed by atoms with van der Waals surface area (Å²) in [6.07, 6.45) is 0. The van der Waals surface area contributed by atoms with Crippen LogP contribution in [0.1, 0.15) is 48.5 Å². The van der Waals surface area contributed by atoms with Crippen LogP contribution in [0.25, 0.3) is 0 Å². The van der Waals surface area contributed by atoms with Gasteiger partial charge in [0.25, 0.3) is 0 Å². The first-order valence-corrected chi connectivity index (χ1v) is 6.32. The topological polar surface area (TPSA) is 97.3 Å². The molecule has 112 valence electrons. The number of hydrogen-bond acceptors (Lipinski definition) is 5. The zero-order chi connectivity index (χ0) is 16.4. The molecule has 0 radical (unpaired) electrons. The van der Waals surface area contributed by atoms with Crippen LogP contribution in [-0.2, 0) is 9.63 Å². The fraction of sp³-hybridized carbons (Fsp3) is 0.786. The molecule has 0 aliphatic heterocycles. The van der Waals surface area contributed by atoms with Crippen LogP contribution < -0.4 is 0 Å². The molecule has 0 amide bonds. The van der Waals surface area contributed by atoms with E-state index in [9.17, 15) is 15.2 Å². The Morgan fingerprint density at radius 2 is 1.55 bits per heavy atom. The molecule has 20 heavy (non-hydrogen) atoms. The molecule has 0 aromatic heterocycles. The van der Waals surface area contributed by atoms with Crippen molar-refractivity contribution in [1.82, 2.24) is 5.06 Å². The van der Waals surface area contributed by atoms with Gasteiger partial charge >= 0.3 is 5.97 Å². The van der Waals surface area contributed by atoms with E-state index >= 15 is 0 Å². The zero-order valence-electron chi connectivity index (χ0n) is 13.2. The summed E-state index contributed by atoms with van der Waals surface area (Å²) in [5.41, 5.74) is -3.05. The molecule has 0 bridgehead atoms. The molecule has 0 aliphatic carbocycles. The second-order valence-corrected chi connectivity index (χ2v) is 6.78. The molecule has 0 spiro atoms. The Hall–Kier alpha value is -1.63. The van der Waals surface area contributed by atoms with E-state index in [1.54, 1.807) is 34.6 Å². The lowest BCUT2D eigenvalue weighted by molar-refractivity contribution is -0.286. The molecule has 6 nitrogen and oxygen atoms in total. The molecule has 0 aromatic rings. The molecule has 0 rings (SSSR count). The van der Waals surface area contributed by atoms with Gasteiger partial charge in [-0.15, -0.1) is 0 Å². The van der Waals surface area contributed by atoms with Gasteiger partial charge in [0, 0.05) is 5.54 Å². The molecule has 0 fully saturated rings. The van der Waals surface area contributed by atoms with Crippen molar-refractivity contribution in [2.24, 2.45) is 5.41 Å². The largest absolute Gasteiger partial charge is 0.480 e. The van der Waals surface area contributed by atoms with Gasteiger partial charge in [-0.3, -0.25) is 9.63 Å². The Labute approximate surface area is 120 Å². The Balaban J connectivity index is 5.81. The third kappa shape index (κ3) is 4.48. The van der Waals surface area contributed by atoms with Crippen molar-refractivity contribution in [3.05, 3.63) is 0 Å². The summed E-state index contributed by atoms with van der Waals surface area (Å²) in [7, 11) is 0. The molecule has 0 heterocycles. The fourth-order valence-corrected chi connectivity index (χ4v) is 1.61. The number of rotatable bonds is 5. The lowest BCUT2D eigenvalue weighted by Crippen LogP contribution is -2.59. The van der Waals surface area contributed by atoms with Crippen LogP contribution in [0.3, 0.4) is 0 Å². The number of carboxylic acids is 1. The Bertz CT molecular complexity index is 450. The van der Waals surface area contributed by atoms with E-state index < -0.39 is 28.6 Å². The molecule has 0 aliphatic rings. The standard InChI is InChI=1S/C14H23N3O3/c1-12(2,3)17(20-14(6,7)9-16)10(11(18)19)13(4,5)8-15/h10H,1-7H3,(H,18,19). The molecule has 1 N–H and O–H groups in total. The maximum atomic E-state index is 11.6. The zero-order valence-corrected chi connectivity index (χ0v) is 13.2. The summed E-state index contributed by atoms with van der Waals surface area (Å²) in [4.78, 5) is 17.2. The Kier molecular flexibility index (Phi) is 5.31. The molecule has 0 aromatic carbocycles. The van der Waals surface area contributed by atoms with Gasteiger partial charge in [-0.2, -0.15) is 15.6 Å². The highest BCUT2D eigenvalue weighted by Gasteiger charge is 2.47. The lowest BCUT2D eigenvalue weighted by atomic mass is 9.84. The molecule has 0 saturated carbocycles. The highest BCUT2D eigenvalue weighted by Crippen LogP contribution is 2.32. The molecular formula is C14H23N3O3. The highest BCUT2D eigenvalue weighted by molar-refractivity contribution is 5.75. The van der Waals surface area contributed by atoms with Gasteiger partial charge in [0.2, 0.25) is 0 Å². The minimum Gasteiger partial charge on any atom is -0.480 e. The third-order valence-electron chi connectivity index (χ3n) is 2.70. The van der Waals surface area contributed by atoms with Gasteiger partial charge in [0.15, 0.2) is 11.6 Å². The Morgan fingerprint density at radius 3 is 1.80 bits per heavy atom. The monoisotopic (exact) mass is 281 g/mol. The number of aliphatic carboxylic acids is 1. The van der Waals surface area contributed by atoms with Gasteiger partial charge in [-0.1, -0.05) is 0 Å². The predicted molar refractivity (Wildman–Crippen MR) is 73.2 cm³/mol. The minimum absolute atomic E-state index is 0.689. The van der Waals surface area contributed by atoms with Crippen LogP contribution in [0.15, 0.2) is 0 Å². The van der Waals surface area contributed by atoms with Crippen molar-refractivity contribution < 1.29 is 14.7 Å². The van der Waals surface area contributed by atoms with E-state index in [1.807, 2.05) is 12.1 Å². The number of nitriles is 2. The fourth-order valence-electron chi connectivity index (χ4n) is 1.61. The quantitative estimate of drug-likeness (QED) is 0.777. The van der Waals surface area contributed by atoms with Gasteiger partial charge < -0.3 is 5.11 Å². The van der Waals surface area contributed by atoms with Gasteiger partial charge in [0.1, 0.15) is 0 Å². The summed E-state index contributed by atoms with van der Waals surface area (Å²) in [6.45, 7) is 11.5. The first-order valence-electron chi connectivity index (χ1n) is 6.32. The number of hydrogen-bond donors (Lipinski definition) is 1. The number of nitrogens with zero attached hydrogens (tertiary/aromatic N) is 3. The number of hydroxylamine groups is 2. The molecule has 1 unspecified atom stereocenters. The minimum atomic E-state index is -1.19. The number of carbonyl (C=O) groups is 1. The van der Waals surface area contributed by atoms with Crippen LogP contribution in [0.2, 0.25) is 0 Å². The Morgan fingerprint density at radius 1 is 1.10 bits per heavy atom. The van der Waals surface area contributed by atoms with Gasteiger partial charge in [-0.05, 0) is 48.5 Å². The smallest absolute Gasteiger partial charge is 0.325 e. The SMILES string of the molecule is CC(C)(C#N)ON(C(C(=O)O)C(C)(C)C#N)C(C)(C)C. The van der Waals surface area contributed by atoms with Crippen molar-refractivity contribution >= 4 is 5.97 Å².